The average molecular weight is 223 g/mol. The van der Waals surface area contributed by atoms with Crippen LogP contribution < -0.4 is 5.73 Å². The fourth-order valence-electron chi connectivity index (χ4n) is 1.62. The van der Waals surface area contributed by atoms with E-state index in [-0.39, 0.29) is 0 Å². The van der Waals surface area contributed by atoms with Gasteiger partial charge in [-0.1, -0.05) is 13.0 Å². The summed E-state index contributed by atoms with van der Waals surface area (Å²) in [6.07, 6.45) is 3.12. The second-order valence-electron chi connectivity index (χ2n) is 3.13. The van der Waals surface area contributed by atoms with Crippen LogP contribution in [0, 0.1) is 0 Å². The highest BCUT2D eigenvalue weighted by Gasteiger charge is 2.10. The van der Waals surface area contributed by atoms with Crippen molar-refractivity contribution < 1.29 is 0 Å². The molecule has 0 aliphatic carbocycles. The summed E-state index contributed by atoms with van der Waals surface area (Å²) in [5.41, 5.74) is 7.11. The molecule has 1 nitrogen and oxygen atoms in total. The van der Waals surface area contributed by atoms with Gasteiger partial charge in [0.2, 0.25) is 0 Å². The molecule has 2 N–H and O–H groups in total. The number of fused-ring (bicyclic) bond motifs is 1. The second-order valence-corrected chi connectivity index (χ2v) is 5.11. The number of rotatable bonds is 2. The Morgan fingerprint density at radius 1 is 1.43 bits per heavy atom. The number of hydrogen-bond donors (Lipinski definition) is 1. The van der Waals surface area contributed by atoms with E-state index in [0.29, 0.717) is 0 Å². The molecule has 2 rings (SSSR count). The number of aryl methyl sites for hydroxylation is 1. The fraction of sp³-hybridized carbons (Fsp3) is 0.273. The van der Waals surface area contributed by atoms with Crippen molar-refractivity contribution in [3.05, 3.63) is 23.1 Å². The summed E-state index contributed by atoms with van der Waals surface area (Å²) >= 11 is 3.58. The lowest BCUT2D eigenvalue weighted by Gasteiger charge is -2.00. The van der Waals surface area contributed by atoms with Crippen molar-refractivity contribution >= 4 is 38.9 Å². The molecule has 0 unspecified atom stereocenters. The molecule has 3 heteroatoms. The largest absolute Gasteiger partial charge is 0.397 e. The Hall–Kier alpha value is -0.670. The van der Waals surface area contributed by atoms with Crippen LogP contribution in [0.4, 0.5) is 5.69 Å². The lowest BCUT2D eigenvalue weighted by Crippen LogP contribution is -1.87. The van der Waals surface area contributed by atoms with E-state index in [2.05, 4.69) is 31.4 Å². The van der Waals surface area contributed by atoms with Gasteiger partial charge in [0.05, 0.1) is 5.69 Å². The maximum Gasteiger partial charge on any atom is 0.0546 e. The minimum Gasteiger partial charge on any atom is -0.397 e. The first-order valence-electron chi connectivity index (χ1n) is 4.61. The van der Waals surface area contributed by atoms with Crippen molar-refractivity contribution in [1.29, 1.82) is 0 Å². The van der Waals surface area contributed by atoms with Gasteiger partial charge in [-0.15, -0.1) is 23.1 Å². The number of benzene rings is 1. The highest BCUT2D eigenvalue weighted by atomic mass is 32.2. The Balaban J connectivity index is 2.79. The summed E-state index contributed by atoms with van der Waals surface area (Å²) in [4.78, 5) is 2.59. The number of thiophene rings is 1. The van der Waals surface area contributed by atoms with Crippen LogP contribution >= 0.6 is 23.1 Å². The third kappa shape index (κ3) is 1.41. The van der Waals surface area contributed by atoms with Crippen molar-refractivity contribution in [3.63, 3.8) is 0 Å². The zero-order chi connectivity index (χ0) is 10.1. The van der Waals surface area contributed by atoms with Crippen LogP contribution in [0.5, 0.6) is 0 Å². The van der Waals surface area contributed by atoms with Gasteiger partial charge in [0.15, 0.2) is 0 Å². The standard InChI is InChI=1S/C11H13NS2/c1-3-7-11(12)10-8(13-2)5-4-6-9(10)14-7/h4-6H,3,12H2,1-2H3. The third-order valence-corrected chi connectivity index (χ3v) is 4.43. The average Bonchev–Trinajstić information content (AvgIpc) is 2.55. The van der Waals surface area contributed by atoms with Crippen LogP contribution in [-0.4, -0.2) is 6.26 Å². The Bertz CT molecular complexity index is 460. The van der Waals surface area contributed by atoms with E-state index in [0.717, 1.165) is 12.1 Å². The van der Waals surface area contributed by atoms with E-state index in [4.69, 9.17) is 5.73 Å². The smallest absolute Gasteiger partial charge is 0.0546 e. The van der Waals surface area contributed by atoms with Crippen LogP contribution in [-0.2, 0) is 6.42 Å². The molecule has 14 heavy (non-hydrogen) atoms. The fourth-order valence-corrected chi connectivity index (χ4v) is 3.42. The van der Waals surface area contributed by atoms with Gasteiger partial charge in [-0.2, -0.15) is 0 Å². The third-order valence-electron chi connectivity index (χ3n) is 2.33. The number of thioether (sulfide) groups is 1. The molecule has 0 aliphatic heterocycles. The molecule has 0 spiro atoms. The molecular formula is C11H13NS2. The van der Waals surface area contributed by atoms with Crippen molar-refractivity contribution in [1.82, 2.24) is 0 Å². The summed E-state index contributed by atoms with van der Waals surface area (Å²) in [7, 11) is 0. The highest BCUT2D eigenvalue weighted by Crippen LogP contribution is 2.39. The van der Waals surface area contributed by atoms with Gasteiger partial charge >= 0.3 is 0 Å². The Morgan fingerprint density at radius 3 is 2.86 bits per heavy atom. The van der Waals surface area contributed by atoms with Crippen molar-refractivity contribution in [2.75, 3.05) is 12.0 Å². The summed E-state index contributed by atoms with van der Waals surface area (Å²) in [6.45, 7) is 2.15. The Morgan fingerprint density at radius 2 is 2.21 bits per heavy atom. The molecule has 0 saturated heterocycles. The molecule has 0 amide bonds. The quantitative estimate of drug-likeness (QED) is 0.784. The maximum atomic E-state index is 6.12. The van der Waals surface area contributed by atoms with E-state index in [1.807, 2.05) is 11.3 Å². The summed E-state index contributed by atoms with van der Waals surface area (Å²) < 4.78 is 1.31. The minimum atomic E-state index is 0.984. The number of nitrogen functional groups attached to an aromatic ring is 1. The molecule has 0 saturated carbocycles. The lowest BCUT2D eigenvalue weighted by molar-refractivity contribution is 1.19. The first-order valence-corrected chi connectivity index (χ1v) is 6.66. The predicted molar refractivity (Wildman–Crippen MR) is 67.4 cm³/mol. The van der Waals surface area contributed by atoms with Crippen LogP contribution in [0.3, 0.4) is 0 Å². The predicted octanol–water partition coefficient (Wildman–Crippen LogP) is 3.77. The molecule has 1 aromatic heterocycles. The molecule has 0 atom stereocenters. The van der Waals surface area contributed by atoms with E-state index in [1.165, 1.54) is 19.9 Å². The van der Waals surface area contributed by atoms with Gasteiger partial charge in [0.1, 0.15) is 0 Å². The van der Waals surface area contributed by atoms with Crippen LogP contribution in [0.1, 0.15) is 11.8 Å². The SMILES string of the molecule is CCc1sc2cccc(SC)c2c1N. The monoisotopic (exact) mass is 223 g/mol. The first kappa shape index (κ1) is 9.87. The summed E-state index contributed by atoms with van der Waals surface area (Å²) in [5, 5.41) is 1.25. The molecule has 1 aromatic carbocycles. The van der Waals surface area contributed by atoms with Gasteiger partial charge in [0, 0.05) is 19.9 Å². The Labute approximate surface area is 92.3 Å². The number of hydrogen-bond acceptors (Lipinski definition) is 3. The first-order chi connectivity index (χ1) is 6.77. The molecule has 74 valence electrons. The molecule has 2 aromatic rings. The molecule has 0 fully saturated rings. The van der Waals surface area contributed by atoms with E-state index >= 15 is 0 Å². The molecule has 0 aliphatic rings. The second kappa shape index (κ2) is 3.83. The van der Waals surface area contributed by atoms with Gasteiger partial charge in [-0.25, -0.2) is 0 Å². The van der Waals surface area contributed by atoms with E-state index < -0.39 is 0 Å². The zero-order valence-corrected chi connectivity index (χ0v) is 9.97. The van der Waals surface area contributed by atoms with Gasteiger partial charge < -0.3 is 5.73 Å². The van der Waals surface area contributed by atoms with E-state index in [1.54, 1.807) is 11.8 Å². The number of nitrogens with two attached hydrogens (primary N) is 1. The van der Waals surface area contributed by atoms with E-state index in [9.17, 15) is 0 Å². The molecular weight excluding hydrogens is 210 g/mol. The Kier molecular flexibility index (Phi) is 2.70. The van der Waals surface area contributed by atoms with Gasteiger partial charge in [-0.05, 0) is 24.8 Å². The van der Waals surface area contributed by atoms with Crippen molar-refractivity contribution in [3.8, 4) is 0 Å². The zero-order valence-electron chi connectivity index (χ0n) is 8.33. The van der Waals surface area contributed by atoms with Crippen LogP contribution in [0.15, 0.2) is 23.1 Å². The molecule has 1 heterocycles. The normalized spacial score (nSPS) is 11.0. The van der Waals surface area contributed by atoms with Gasteiger partial charge in [0.25, 0.3) is 0 Å². The van der Waals surface area contributed by atoms with Gasteiger partial charge in [-0.3, -0.25) is 0 Å². The highest BCUT2D eigenvalue weighted by molar-refractivity contribution is 7.98. The maximum absolute atomic E-state index is 6.12. The molecule has 0 bridgehead atoms. The number of anilines is 1. The topological polar surface area (TPSA) is 26.0 Å². The van der Waals surface area contributed by atoms with Crippen molar-refractivity contribution in [2.24, 2.45) is 0 Å². The summed E-state index contributed by atoms with van der Waals surface area (Å²) in [5.74, 6) is 0. The van der Waals surface area contributed by atoms with Crippen LogP contribution in [0.2, 0.25) is 0 Å². The minimum absolute atomic E-state index is 0.984. The summed E-state index contributed by atoms with van der Waals surface area (Å²) in [6, 6.07) is 6.38. The lowest BCUT2D eigenvalue weighted by atomic mass is 10.2. The molecule has 0 radical (unpaired) electrons. The van der Waals surface area contributed by atoms with Crippen molar-refractivity contribution in [2.45, 2.75) is 18.2 Å². The van der Waals surface area contributed by atoms with Crippen LogP contribution in [0.25, 0.3) is 10.1 Å².